The van der Waals surface area contributed by atoms with Crippen LogP contribution >= 0.6 is 0 Å². The van der Waals surface area contributed by atoms with Crippen molar-refractivity contribution in [1.82, 2.24) is 10.4 Å². The van der Waals surface area contributed by atoms with Crippen molar-refractivity contribution in [2.45, 2.75) is 18.9 Å². The minimum atomic E-state index is -0.450. The van der Waals surface area contributed by atoms with Gasteiger partial charge in [-0.2, -0.15) is 0 Å². The fourth-order valence-corrected chi connectivity index (χ4v) is 1.96. The van der Waals surface area contributed by atoms with E-state index >= 15 is 0 Å². The van der Waals surface area contributed by atoms with E-state index in [1.807, 2.05) is 12.1 Å². The normalized spacial score (nSPS) is 12.4. The lowest BCUT2D eigenvalue weighted by Crippen LogP contribution is -2.38. The number of nitrogens with one attached hydrogen (secondary N) is 1. The van der Waals surface area contributed by atoms with E-state index in [4.69, 9.17) is 5.84 Å². The van der Waals surface area contributed by atoms with Crippen molar-refractivity contribution in [2.75, 3.05) is 0 Å². The molecule has 2 aromatic rings. The van der Waals surface area contributed by atoms with E-state index in [0.29, 0.717) is 18.4 Å². The number of halogens is 2. The van der Waals surface area contributed by atoms with Crippen LogP contribution in [-0.4, -0.2) is 11.0 Å². The summed E-state index contributed by atoms with van der Waals surface area (Å²) in [4.78, 5) is 4.01. The maximum Gasteiger partial charge on any atom is 0.126 e. The molecule has 0 amide bonds. The van der Waals surface area contributed by atoms with Gasteiger partial charge in [-0.3, -0.25) is 16.3 Å². The van der Waals surface area contributed by atoms with E-state index in [0.717, 1.165) is 17.7 Å². The third-order valence-corrected chi connectivity index (χ3v) is 2.91. The molecule has 0 bridgehead atoms. The molecule has 1 aromatic heterocycles. The lowest BCUT2D eigenvalue weighted by Gasteiger charge is -2.16. The minimum absolute atomic E-state index is 0.180. The standard InChI is InChI=1S/C14H15F2N3/c15-12-3-4-14(16)11(7-12)8-13(19-17)6-10-2-1-5-18-9-10/h1-5,7,9,13,19H,6,8,17H2. The van der Waals surface area contributed by atoms with Crippen LogP contribution in [0.25, 0.3) is 0 Å². The lowest BCUT2D eigenvalue weighted by atomic mass is 10.00. The Morgan fingerprint density at radius 2 is 2.05 bits per heavy atom. The van der Waals surface area contributed by atoms with Gasteiger partial charge in [-0.05, 0) is 48.2 Å². The summed E-state index contributed by atoms with van der Waals surface area (Å²) >= 11 is 0. The third-order valence-electron chi connectivity index (χ3n) is 2.91. The molecule has 0 fully saturated rings. The molecule has 1 heterocycles. The van der Waals surface area contributed by atoms with Crippen molar-refractivity contribution >= 4 is 0 Å². The Morgan fingerprint density at radius 3 is 2.74 bits per heavy atom. The number of pyridine rings is 1. The van der Waals surface area contributed by atoms with Gasteiger partial charge in [0.2, 0.25) is 0 Å². The predicted molar refractivity (Wildman–Crippen MR) is 69.1 cm³/mol. The van der Waals surface area contributed by atoms with Gasteiger partial charge in [-0.1, -0.05) is 6.07 Å². The molecule has 0 spiro atoms. The molecule has 1 aromatic carbocycles. The van der Waals surface area contributed by atoms with Crippen molar-refractivity contribution in [3.05, 3.63) is 65.5 Å². The number of nitrogens with zero attached hydrogens (tertiary/aromatic N) is 1. The summed E-state index contributed by atoms with van der Waals surface area (Å²) in [6.07, 6.45) is 4.32. The highest BCUT2D eigenvalue weighted by Gasteiger charge is 2.12. The Kier molecular flexibility index (Phi) is 4.54. The van der Waals surface area contributed by atoms with Gasteiger partial charge in [-0.15, -0.1) is 0 Å². The highest BCUT2D eigenvalue weighted by Crippen LogP contribution is 2.13. The molecular weight excluding hydrogens is 248 g/mol. The number of hydrogen-bond donors (Lipinski definition) is 2. The zero-order chi connectivity index (χ0) is 13.7. The van der Waals surface area contributed by atoms with Crippen LogP contribution in [0.5, 0.6) is 0 Å². The Labute approximate surface area is 110 Å². The molecule has 0 aliphatic heterocycles. The van der Waals surface area contributed by atoms with Crippen LogP contribution in [0.15, 0.2) is 42.7 Å². The van der Waals surface area contributed by atoms with Crippen molar-refractivity contribution in [3.8, 4) is 0 Å². The summed E-state index contributed by atoms with van der Waals surface area (Å²) in [5.74, 6) is 4.60. The predicted octanol–water partition coefficient (Wildman–Crippen LogP) is 1.98. The lowest BCUT2D eigenvalue weighted by molar-refractivity contribution is 0.502. The maximum atomic E-state index is 13.6. The summed E-state index contributed by atoms with van der Waals surface area (Å²) in [5.41, 5.74) is 3.93. The second-order valence-electron chi connectivity index (χ2n) is 4.37. The molecule has 1 atom stereocenters. The Hall–Kier alpha value is -1.85. The molecule has 3 nitrogen and oxygen atoms in total. The molecule has 19 heavy (non-hydrogen) atoms. The van der Waals surface area contributed by atoms with Crippen LogP contribution < -0.4 is 11.3 Å². The third kappa shape index (κ3) is 3.81. The first kappa shape index (κ1) is 13.6. The van der Waals surface area contributed by atoms with Crippen molar-refractivity contribution < 1.29 is 8.78 Å². The summed E-state index contributed by atoms with van der Waals surface area (Å²) in [6.45, 7) is 0. The van der Waals surface area contributed by atoms with Crippen LogP contribution in [0.4, 0.5) is 8.78 Å². The molecule has 0 aliphatic rings. The van der Waals surface area contributed by atoms with Crippen molar-refractivity contribution in [1.29, 1.82) is 0 Å². The van der Waals surface area contributed by atoms with E-state index in [1.54, 1.807) is 12.4 Å². The largest absolute Gasteiger partial charge is 0.271 e. The van der Waals surface area contributed by atoms with Gasteiger partial charge in [0.25, 0.3) is 0 Å². The first-order valence-corrected chi connectivity index (χ1v) is 5.98. The van der Waals surface area contributed by atoms with Gasteiger partial charge >= 0.3 is 0 Å². The van der Waals surface area contributed by atoms with Crippen molar-refractivity contribution in [2.24, 2.45) is 5.84 Å². The van der Waals surface area contributed by atoms with Crippen molar-refractivity contribution in [3.63, 3.8) is 0 Å². The quantitative estimate of drug-likeness (QED) is 0.640. The molecule has 5 heteroatoms. The van der Waals surface area contributed by atoms with Gasteiger partial charge < -0.3 is 0 Å². The van der Waals surface area contributed by atoms with Crippen LogP contribution in [0.3, 0.4) is 0 Å². The number of hydrogen-bond acceptors (Lipinski definition) is 3. The number of hydrazine groups is 1. The van der Waals surface area contributed by atoms with Crippen LogP contribution in [0.2, 0.25) is 0 Å². The summed E-state index contributed by atoms with van der Waals surface area (Å²) < 4.78 is 26.7. The fourth-order valence-electron chi connectivity index (χ4n) is 1.96. The molecule has 3 N–H and O–H groups in total. The molecule has 0 radical (unpaired) electrons. The Bertz CT molecular complexity index is 531. The van der Waals surface area contributed by atoms with E-state index in [2.05, 4.69) is 10.4 Å². The summed E-state index contributed by atoms with van der Waals surface area (Å²) in [7, 11) is 0. The molecule has 0 saturated carbocycles. The highest BCUT2D eigenvalue weighted by molar-refractivity contribution is 5.21. The minimum Gasteiger partial charge on any atom is -0.271 e. The van der Waals surface area contributed by atoms with Gasteiger partial charge in [0, 0.05) is 18.4 Å². The molecule has 1 unspecified atom stereocenters. The van der Waals surface area contributed by atoms with Gasteiger partial charge in [-0.25, -0.2) is 8.78 Å². The Balaban J connectivity index is 2.09. The first-order chi connectivity index (χ1) is 9.19. The van der Waals surface area contributed by atoms with E-state index in [9.17, 15) is 8.78 Å². The SMILES string of the molecule is NNC(Cc1cccnc1)Cc1cc(F)ccc1F. The monoisotopic (exact) mass is 263 g/mol. The molecular formula is C14H15F2N3. The molecule has 2 rings (SSSR count). The van der Waals surface area contributed by atoms with E-state index in [-0.39, 0.29) is 6.04 Å². The average Bonchev–Trinajstić information content (AvgIpc) is 2.43. The second-order valence-corrected chi connectivity index (χ2v) is 4.37. The summed E-state index contributed by atoms with van der Waals surface area (Å²) in [5, 5.41) is 0. The zero-order valence-electron chi connectivity index (χ0n) is 10.3. The fraction of sp³-hybridized carbons (Fsp3) is 0.214. The smallest absolute Gasteiger partial charge is 0.126 e. The molecule has 0 aliphatic carbocycles. The summed E-state index contributed by atoms with van der Waals surface area (Å²) in [6, 6.07) is 6.99. The molecule has 100 valence electrons. The van der Waals surface area contributed by atoms with Crippen LogP contribution in [0, 0.1) is 11.6 Å². The van der Waals surface area contributed by atoms with Gasteiger partial charge in [0.05, 0.1) is 0 Å². The number of benzene rings is 1. The van der Waals surface area contributed by atoms with E-state index < -0.39 is 11.6 Å². The highest BCUT2D eigenvalue weighted by atomic mass is 19.1. The second kappa shape index (κ2) is 6.36. The average molecular weight is 263 g/mol. The zero-order valence-corrected chi connectivity index (χ0v) is 10.3. The molecule has 0 saturated heterocycles. The topological polar surface area (TPSA) is 50.9 Å². The first-order valence-electron chi connectivity index (χ1n) is 5.98. The number of rotatable bonds is 5. The number of nitrogens with two attached hydrogens (primary N) is 1. The van der Waals surface area contributed by atoms with E-state index in [1.165, 1.54) is 6.07 Å². The number of aromatic nitrogens is 1. The maximum absolute atomic E-state index is 13.6. The van der Waals surface area contributed by atoms with Crippen LogP contribution in [-0.2, 0) is 12.8 Å². The van der Waals surface area contributed by atoms with Crippen LogP contribution in [0.1, 0.15) is 11.1 Å². The Morgan fingerprint density at radius 1 is 1.21 bits per heavy atom. The van der Waals surface area contributed by atoms with Gasteiger partial charge in [0.15, 0.2) is 0 Å². The van der Waals surface area contributed by atoms with Gasteiger partial charge in [0.1, 0.15) is 11.6 Å².